The molecule has 6 heteroatoms. The van der Waals surface area contributed by atoms with Crippen molar-refractivity contribution in [3.05, 3.63) is 5.69 Å². The van der Waals surface area contributed by atoms with Crippen LogP contribution in [0.3, 0.4) is 0 Å². The molecule has 4 nitrogen and oxygen atoms in total. The predicted octanol–water partition coefficient (Wildman–Crippen LogP) is 2.15. The minimum absolute atomic E-state index is 0.612. The van der Waals surface area contributed by atoms with Gasteiger partial charge in [-0.2, -0.15) is 11.8 Å². The maximum atomic E-state index is 4.16. The highest BCUT2D eigenvalue weighted by molar-refractivity contribution is 7.98. The zero-order valence-corrected chi connectivity index (χ0v) is 12.0. The predicted molar refractivity (Wildman–Crippen MR) is 73.4 cm³/mol. The Balaban J connectivity index is 2.58. The summed E-state index contributed by atoms with van der Waals surface area (Å²) in [5.41, 5.74) is 1.05. The van der Waals surface area contributed by atoms with Gasteiger partial charge in [-0.25, -0.2) is 0 Å². The van der Waals surface area contributed by atoms with E-state index < -0.39 is 0 Å². The molecular weight excluding hydrogens is 240 g/mol. The van der Waals surface area contributed by atoms with E-state index in [0.29, 0.717) is 6.04 Å². The van der Waals surface area contributed by atoms with Gasteiger partial charge in [-0.15, -0.1) is 5.10 Å². The van der Waals surface area contributed by atoms with Gasteiger partial charge in [0.15, 0.2) is 0 Å². The standard InChI is InChI=1S/C10H20N4S2/c1-5-8(7-15-4)14(3)6-9-10(11-2)16-13-12-9/h8,11H,5-7H2,1-4H3. The Morgan fingerprint density at radius 3 is 2.88 bits per heavy atom. The first kappa shape index (κ1) is 13.7. The van der Waals surface area contributed by atoms with E-state index in [4.69, 9.17) is 0 Å². The summed E-state index contributed by atoms with van der Waals surface area (Å²) in [7, 11) is 4.07. The molecule has 0 aliphatic carbocycles. The zero-order chi connectivity index (χ0) is 12.0. The first-order chi connectivity index (χ1) is 7.72. The summed E-state index contributed by atoms with van der Waals surface area (Å²) in [6, 6.07) is 0.612. The molecule has 92 valence electrons. The van der Waals surface area contributed by atoms with Crippen molar-refractivity contribution in [2.75, 3.05) is 31.4 Å². The molecule has 0 radical (unpaired) electrons. The van der Waals surface area contributed by atoms with Crippen LogP contribution in [0, 0.1) is 0 Å². The van der Waals surface area contributed by atoms with E-state index in [2.05, 4.69) is 40.0 Å². The number of hydrogen-bond donors (Lipinski definition) is 1. The van der Waals surface area contributed by atoms with E-state index in [0.717, 1.165) is 17.2 Å². The maximum absolute atomic E-state index is 4.16. The molecule has 0 fully saturated rings. The van der Waals surface area contributed by atoms with Crippen molar-refractivity contribution in [3.63, 3.8) is 0 Å². The summed E-state index contributed by atoms with van der Waals surface area (Å²) in [6.07, 6.45) is 3.32. The molecule has 0 saturated carbocycles. The van der Waals surface area contributed by atoms with Crippen LogP contribution >= 0.6 is 23.3 Å². The van der Waals surface area contributed by atoms with Gasteiger partial charge in [0, 0.05) is 36.9 Å². The highest BCUT2D eigenvalue weighted by atomic mass is 32.2. The van der Waals surface area contributed by atoms with E-state index in [9.17, 15) is 0 Å². The lowest BCUT2D eigenvalue weighted by Crippen LogP contribution is -2.33. The smallest absolute Gasteiger partial charge is 0.134 e. The third-order valence-electron chi connectivity index (χ3n) is 2.64. The van der Waals surface area contributed by atoms with E-state index in [1.165, 1.54) is 23.7 Å². The number of anilines is 1. The van der Waals surface area contributed by atoms with Crippen LogP contribution in [0.4, 0.5) is 5.00 Å². The van der Waals surface area contributed by atoms with Crippen LogP contribution < -0.4 is 5.32 Å². The van der Waals surface area contributed by atoms with Crippen molar-refractivity contribution in [1.29, 1.82) is 0 Å². The van der Waals surface area contributed by atoms with Gasteiger partial charge in [0.1, 0.15) is 10.7 Å². The second-order valence-corrected chi connectivity index (χ2v) is 5.40. The fourth-order valence-electron chi connectivity index (χ4n) is 1.62. The molecule has 0 aliphatic heterocycles. The third kappa shape index (κ3) is 3.61. The lowest BCUT2D eigenvalue weighted by Gasteiger charge is -2.25. The van der Waals surface area contributed by atoms with Gasteiger partial charge < -0.3 is 5.32 Å². The molecule has 1 aromatic rings. The number of hydrogen-bond acceptors (Lipinski definition) is 6. The van der Waals surface area contributed by atoms with Crippen molar-refractivity contribution in [2.45, 2.75) is 25.9 Å². The van der Waals surface area contributed by atoms with E-state index in [1.54, 1.807) is 0 Å². The monoisotopic (exact) mass is 260 g/mol. The molecule has 1 heterocycles. The topological polar surface area (TPSA) is 41.1 Å². The Kier molecular flexibility index (Phi) is 6.08. The van der Waals surface area contributed by atoms with Crippen molar-refractivity contribution in [2.24, 2.45) is 0 Å². The highest BCUT2D eigenvalue weighted by Gasteiger charge is 2.15. The van der Waals surface area contributed by atoms with Gasteiger partial charge in [-0.05, 0) is 19.7 Å². The SMILES string of the molecule is CCC(CSC)N(C)Cc1nnsc1NC. The summed E-state index contributed by atoms with van der Waals surface area (Å²) in [6.45, 7) is 3.10. The summed E-state index contributed by atoms with van der Waals surface area (Å²) >= 11 is 3.31. The van der Waals surface area contributed by atoms with Gasteiger partial charge in [-0.1, -0.05) is 11.4 Å². The van der Waals surface area contributed by atoms with Crippen molar-refractivity contribution in [3.8, 4) is 0 Å². The normalized spacial score (nSPS) is 13.1. The van der Waals surface area contributed by atoms with Crippen molar-refractivity contribution < 1.29 is 0 Å². The number of rotatable bonds is 7. The van der Waals surface area contributed by atoms with Crippen LogP contribution in [0.1, 0.15) is 19.0 Å². The zero-order valence-electron chi connectivity index (χ0n) is 10.4. The van der Waals surface area contributed by atoms with Crippen LogP contribution in [-0.2, 0) is 6.54 Å². The lowest BCUT2D eigenvalue weighted by molar-refractivity contribution is 0.245. The molecule has 0 spiro atoms. The molecule has 0 aromatic carbocycles. The Morgan fingerprint density at radius 2 is 2.31 bits per heavy atom. The Morgan fingerprint density at radius 1 is 1.56 bits per heavy atom. The molecule has 0 saturated heterocycles. The first-order valence-corrected chi connectivity index (χ1v) is 7.57. The lowest BCUT2D eigenvalue weighted by atomic mass is 10.2. The molecule has 1 N–H and O–H groups in total. The summed E-state index contributed by atoms with van der Waals surface area (Å²) < 4.78 is 3.97. The van der Waals surface area contributed by atoms with Crippen molar-refractivity contribution >= 4 is 28.3 Å². The third-order valence-corrected chi connectivity index (χ3v) is 4.14. The largest absolute Gasteiger partial charge is 0.377 e. The number of nitrogens with zero attached hydrogens (tertiary/aromatic N) is 3. The van der Waals surface area contributed by atoms with E-state index in [-0.39, 0.29) is 0 Å². The van der Waals surface area contributed by atoms with Gasteiger partial charge >= 0.3 is 0 Å². The minimum Gasteiger partial charge on any atom is -0.377 e. The van der Waals surface area contributed by atoms with Crippen LogP contribution in [-0.4, -0.2) is 46.6 Å². The molecule has 1 aromatic heterocycles. The molecule has 16 heavy (non-hydrogen) atoms. The first-order valence-electron chi connectivity index (χ1n) is 5.41. The Hall–Kier alpha value is -0.330. The summed E-state index contributed by atoms with van der Waals surface area (Å²) in [4.78, 5) is 2.36. The van der Waals surface area contributed by atoms with Crippen molar-refractivity contribution in [1.82, 2.24) is 14.5 Å². The van der Waals surface area contributed by atoms with Crippen LogP contribution in [0.2, 0.25) is 0 Å². The molecular formula is C10H20N4S2. The molecule has 0 bridgehead atoms. The average molecular weight is 260 g/mol. The number of nitrogens with one attached hydrogen (secondary N) is 1. The van der Waals surface area contributed by atoms with Gasteiger partial charge in [0.2, 0.25) is 0 Å². The van der Waals surface area contributed by atoms with Crippen LogP contribution in [0.25, 0.3) is 0 Å². The molecule has 1 rings (SSSR count). The second kappa shape index (κ2) is 7.09. The fourth-order valence-corrected chi connectivity index (χ4v) is 3.01. The van der Waals surface area contributed by atoms with Crippen LogP contribution in [0.5, 0.6) is 0 Å². The van der Waals surface area contributed by atoms with E-state index in [1.807, 2.05) is 18.8 Å². The second-order valence-electron chi connectivity index (χ2n) is 3.73. The maximum Gasteiger partial charge on any atom is 0.134 e. The minimum atomic E-state index is 0.612. The summed E-state index contributed by atoms with van der Waals surface area (Å²) in [5.74, 6) is 1.17. The Bertz CT molecular complexity index is 303. The highest BCUT2D eigenvalue weighted by Crippen LogP contribution is 2.19. The van der Waals surface area contributed by atoms with Gasteiger partial charge in [-0.3, -0.25) is 4.90 Å². The van der Waals surface area contributed by atoms with Crippen LogP contribution in [0.15, 0.2) is 0 Å². The molecule has 1 unspecified atom stereocenters. The quantitative estimate of drug-likeness (QED) is 0.813. The molecule has 0 aliphatic rings. The molecule has 0 amide bonds. The van der Waals surface area contributed by atoms with Gasteiger partial charge in [0.05, 0.1) is 0 Å². The fraction of sp³-hybridized carbons (Fsp3) is 0.800. The molecule has 1 atom stereocenters. The number of thioether (sulfide) groups is 1. The Labute approximate surface area is 106 Å². The number of aromatic nitrogens is 2. The summed E-state index contributed by atoms with van der Waals surface area (Å²) in [5, 5.41) is 8.37. The van der Waals surface area contributed by atoms with E-state index >= 15 is 0 Å². The van der Waals surface area contributed by atoms with Gasteiger partial charge in [0.25, 0.3) is 0 Å². The average Bonchev–Trinajstić information content (AvgIpc) is 2.72.